The van der Waals surface area contributed by atoms with Gasteiger partial charge in [-0.3, -0.25) is 0 Å². The zero-order valence-corrected chi connectivity index (χ0v) is 10.4. The van der Waals surface area contributed by atoms with Crippen LogP contribution in [0.1, 0.15) is 0 Å². The van der Waals surface area contributed by atoms with Crippen molar-refractivity contribution in [2.45, 2.75) is 6.04 Å². The van der Waals surface area contributed by atoms with Gasteiger partial charge in [-0.15, -0.1) is 34.8 Å². The van der Waals surface area contributed by atoms with Crippen molar-refractivity contribution in [2.24, 2.45) is 0 Å². The highest BCUT2D eigenvalue weighted by Gasteiger charge is 2.35. The highest BCUT2D eigenvalue weighted by Crippen LogP contribution is 2.11. The molecule has 0 unspecified atom stereocenters. The van der Waals surface area contributed by atoms with E-state index in [1.807, 2.05) is 0 Å². The lowest BCUT2D eigenvalue weighted by molar-refractivity contribution is 0.111. The lowest BCUT2D eigenvalue weighted by Gasteiger charge is -2.22. The van der Waals surface area contributed by atoms with Crippen molar-refractivity contribution in [1.29, 1.82) is 0 Å². The second kappa shape index (κ2) is 8.29. The number of halogens is 3. The highest BCUT2D eigenvalue weighted by molar-refractivity contribution is 6.60. The summed E-state index contributed by atoms with van der Waals surface area (Å²) < 4.78 is 10.2. The molecule has 3 nitrogen and oxygen atoms in total. The van der Waals surface area contributed by atoms with E-state index in [2.05, 4.69) is 0 Å². The first-order chi connectivity index (χ1) is 6.18. The third-order valence-electron chi connectivity index (χ3n) is 1.22. The maximum atomic E-state index is 9.77. The van der Waals surface area contributed by atoms with E-state index in [0.717, 1.165) is 0 Å². The summed E-state index contributed by atoms with van der Waals surface area (Å²) in [5.74, 6) is 0.941. The second-order valence-electron chi connectivity index (χ2n) is 2.23. The van der Waals surface area contributed by atoms with Gasteiger partial charge in [0.1, 0.15) is 0 Å². The van der Waals surface area contributed by atoms with E-state index in [9.17, 15) is 4.80 Å². The van der Waals surface area contributed by atoms with Gasteiger partial charge in [0.05, 0.1) is 13.2 Å². The third kappa shape index (κ3) is 6.96. The van der Waals surface area contributed by atoms with Gasteiger partial charge in [0, 0.05) is 23.7 Å². The molecule has 7 heteroatoms. The smallest absolute Gasteiger partial charge is 0.390 e. The molecule has 0 aromatic rings. The van der Waals surface area contributed by atoms with E-state index in [0.29, 0.717) is 23.7 Å². The van der Waals surface area contributed by atoms with E-state index >= 15 is 0 Å². The molecular weight excluding hydrogens is 255 g/mol. The van der Waals surface area contributed by atoms with E-state index in [-0.39, 0.29) is 13.2 Å². The number of rotatable bonds is 8. The normalized spacial score (nSPS) is 12.0. The minimum absolute atomic E-state index is 0.267. The van der Waals surface area contributed by atoms with Gasteiger partial charge in [-0.2, -0.15) is 0 Å². The van der Waals surface area contributed by atoms with Crippen LogP contribution >= 0.6 is 34.8 Å². The van der Waals surface area contributed by atoms with Crippen LogP contribution < -0.4 is 0 Å². The van der Waals surface area contributed by atoms with Crippen LogP contribution in [0.15, 0.2) is 0 Å². The maximum absolute atomic E-state index is 9.77. The van der Waals surface area contributed by atoms with E-state index in [4.69, 9.17) is 43.7 Å². The van der Waals surface area contributed by atoms with Crippen molar-refractivity contribution >= 4 is 43.6 Å². The van der Waals surface area contributed by atoms with Crippen molar-refractivity contribution < 1.29 is 13.6 Å². The van der Waals surface area contributed by atoms with Crippen molar-refractivity contribution in [3.05, 3.63) is 0 Å². The van der Waals surface area contributed by atoms with Gasteiger partial charge in [-0.05, 0) is 0 Å². The molecule has 0 aliphatic rings. The predicted octanol–water partition coefficient (Wildman–Crippen LogP) is 1.67. The van der Waals surface area contributed by atoms with Crippen LogP contribution in [0.25, 0.3) is 0 Å². The van der Waals surface area contributed by atoms with Gasteiger partial charge in [0.25, 0.3) is 0 Å². The van der Waals surface area contributed by atoms with Crippen molar-refractivity contribution in [2.75, 3.05) is 30.9 Å². The fraction of sp³-hybridized carbons (Fsp3) is 1.00. The summed E-state index contributed by atoms with van der Waals surface area (Å²) in [5.41, 5.74) is 0. The molecule has 0 aromatic carbocycles. The third-order valence-corrected chi connectivity index (χ3v) is 4.23. The van der Waals surface area contributed by atoms with Crippen LogP contribution in [0.5, 0.6) is 0 Å². The molecule has 13 heavy (non-hydrogen) atoms. The Morgan fingerprint density at radius 3 is 1.69 bits per heavy atom. The molecule has 0 amide bonds. The summed E-state index contributed by atoms with van der Waals surface area (Å²) in [4.78, 5) is 9.77. The number of hydrogen-bond donors (Lipinski definition) is 1. The number of hydrogen-bond acceptors (Lipinski definition) is 3. The van der Waals surface area contributed by atoms with Crippen LogP contribution in [0, 0.1) is 0 Å². The summed E-state index contributed by atoms with van der Waals surface area (Å²) in [6, 6.07) is 0.322. The molecule has 0 aliphatic heterocycles. The molecule has 0 saturated heterocycles. The Hall–Kier alpha value is 0.967. The Balaban J connectivity index is 3.84. The zero-order valence-electron chi connectivity index (χ0n) is 7.14. The topological polar surface area (TPSA) is 38.7 Å². The van der Waals surface area contributed by atoms with Crippen LogP contribution in [0.2, 0.25) is 6.04 Å². The molecule has 0 heterocycles. The van der Waals surface area contributed by atoms with Crippen LogP contribution in [0.3, 0.4) is 0 Å². The predicted molar refractivity (Wildman–Crippen MR) is 56.8 cm³/mol. The Labute approximate surface area is 94.2 Å². The Morgan fingerprint density at radius 1 is 0.923 bits per heavy atom. The zero-order chi connectivity index (χ0) is 10.2. The molecule has 0 rings (SSSR count). The van der Waals surface area contributed by atoms with E-state index in [1.165, 1.54) is 0 Å². The maximum Gasteiger partial charge on any atom is 0.499 e. The monoisotopic (exact) mass is 266 g/mol. The van der Waals surface area contributed by atoms with Gasteiger partial charge in [-0.1, -0.05) is 0 Å². The fourth-order valence-corrected chi connectivity index (χ4v) is 3.28. The average Bonchev–Trinajstić information content (AvgIpc) is 2.12. The van der Waals surface area contributed by atoms with E-state index < -0.39 is 8.80 Å². The summed E-state index contributed by atoms with van der Waals surface area (Å²) in [6.07, 6.45) is 0. The molecule has 0 aromatic heterocycles. The van der Waals surface area contributed by atoms with Gasteiger partial charge in [-0.25, -0.2) is 0 Å². The second-order valence-corrected chi connectivity index (χ2v) is 5.86. The summed E-state index contributed by atoms with van der Waals surface area (Å²) in [5, 5.41) is 0. The molecule has 1 N–H and O–H groups in total. The Bertz CT molecular complexity index is 120. The first-order valence-electron chi connectivity index (χ1n) is 3.86. The molecule has 0 fully saturated rings. The molecule has 0 aliphatic carbocycles. The lowest BCUT2D eigenvalue weighted by Crippen LogP contribution is -2.44. The Kier molecular flexibility index (Phi) is 8.91. The minimum Gasteiger partial charge on any atom is -0.390 e. The van der Waals surface area contributed by atoms with Gasteiger partial charge in [0.2, 0.25) is 0 Å². The van der Waals surface area contributed by atoms with E-state index in [1.54, 1.807) is 0 Å². The molecule has 0 bridgehead atoms. The molecular formula is C6H13Cl3O3Si. The summed E-state index contributed by atoms with van der Waals surface area (Å²) >= 11 is 16.3. The summed E-state index contributed by atoms with van der Waals surface area (Å²) in [7, 11) is -3.09. The van der Waals surface area contributed by atoms with Crippen LogP contribution in [0.4, 0.5) is 0 Å². The lowest BCUT2D eigenvalue weighted by atomic mass is 10.9. The Morgan fingerprint density at radius 2 is 1.38 bits per heavy atom. The number of alkyl halides is 3. The SMILES string of the molecule is O[Si](CCCl)(OCCCl)OCCCl. The first kappa shape index (κ1) is 14.0. The van der Waals surface area contributed by atoms with Gasteiger partial charge < -0.3 is 13.6 Å². The first-order valence-corrected chi connectivity index (χ1v) is 7.44. The minimum atomic E-state index is -3.09. The van der Waals surface area contributed by atoms with Gasteiger partial charge in [0.15, 0.2) is 0 Å². The summed E-state index contributed by atoms with van der Waals surface area (Å²) in [6.45, 7) is 0.535. The molecule has 0 saturated carbocycles. The van der Waals surface area contributed by atoms with Crippen molar-refractivity contribution in [3.63, 3.8) is 0 Å². The molecule has 0 atom stereocenters. The molecule has 0 spiro atoms. The highest BCUT2D eigenvalue weighted by atomic mass is 35.5. The van der Waals surface area contributed by atoms with Crippen LogP contribution in [-0.4, -0.2) is 44.5 Å². The standard InChI is InChI=1S/C6H13Cl3O3Si/c7-1-4-11-13(10,6-3-9)12-5-2-8/h10H,1-6H2. The van der Waals surface area contributed by atoms with Crippen molar-refractivity contribution in [3.8, 4) is 0 Å². The fourth-order valence-electron chi connectivity index (χ4n) is 0.702. The van der Waals surface area contributed by atoms with Gasteiger partial charge >= 0.3 is 8.80 Å². The average molecular weight is 268 g/mol. The van der Waals surface area contributed by atoms with Crippen molar-refractivity contribution in [1.82, 2.24) is 0 Å². The quantitative estimate of drug-likeness (QED) is 0.537. The molecule has 80 valence electrons. The molecule has 0 radical (unpaired) electrons. The van der Waals surface area contributed by atoms with Crippen LogP contribution in [-0.2, 0) is 8.85 Å². The largest absolute Gasteiger partial charge is 0.499 e.